The van der Waals surface area contributed by atoms with Crippen LogP contribution in [0.5, 0.6) is 5.75 Å². The van der Waals surface area contributed by atoms with Crippen LogP contribution in [-0.4, -0.2) is 19.9 Å². The second kappa shape index (κ2) is 5.76. The molecule has 0 heterocycles. The lowest BCUT2D eigenvalue weighted by Crippen LogP contribution is -2.28. The molecule has 0 aliphatic heterocycles. The number of halogens is 3. The molecular weight excluding hydrogens is 313 g/mol. The summed E-state index contributed by atoms with van der Waals surface area (Å²) in [5, 5.41) is 10.3. The fourth-order valence-corrected chi connectivity index (χ4v) is 2.11. The monoisotopic (exact) mass is 323 g/mol. The van der Waals surface area contributed by atoms with Crippen LogP contribution < -0.4 is 9.29 Å². The summed E-state index contributed by atoms with van der Waals surface area (Å²) >= 11 is 0. The Morgan fingerprint density at radius 1 is 1.24 bits per heavy atom. The molecule has 21 heavy (non-hydrogen) atoms. The highest BCUT2D eigenvalue weighted by Crippen LogP contribution is 2.32. The summed E-state index contributed by atoms with van der Waals surface area (Å²) in [7, 11) is -5.76. The standard InChI is InChI=1S/C12H11F3O5S/c1-7-5-9(3-4-10(16)17)6-8(2)11(7)20-21(18,19)12(13,14)15/h3-6H,1-2H3,(H,16,17)/p-1/b4-3+. The molecular formula is C12H10F3O5S-. The minimum atomic E-state index is -5.76. The third-order valence-corrected chi connectivity index (χ3v) is 3.32. The van der Waals surface area contributed by atoms with Crippen LogP contribution in [0.4, 0.5) is 13.2 Å². The Balaban J connectivity index is 3.21. The Hall–Kier alpha value is -2.03. The average molecular weight is 323 g/mol. The van der Waals surface area contributed by atoms with E-state index in [4.69, 9.17) is 0 Å². The topological polar surface area (TPSA) is 83.5 Å². The van der Waals surface area contributed by atoms with Crippen LogP contribution in [0.2, 0.25) is 0 Å². The summed E-state index contributed by atoms with van der Waals surface area (Å²) in [5.41, 5.74) is -4.95. The lowest BCUT2D eigenvalue weighted by molar-refractivity contribution is -0.297. The molecule has 1 aromatic carbocycles. The minimum Gasteiger partial charge on any atom is -0.545 e. The molecule has 0 aromatic heterocycles. The normalized spacial score (nSPS) is 12.6. The van der Waals surface area contributed by atoms with E-state index in [-0.39, 0.29) is 11.1 Å². The Morgan fingerprint density at radius 2 is 1.71 bits per heavy atom. The molecule has 0 saturated carbocycles. The zero-order valence-electron chi connectivity index (χ0n) is 10.9. The Labute approximate surface area is 118 Å². The number of aliphatic carboxylic acids is 1. The van der Waals surface area contributed by atoms with Crippen molar-refractivity contribution in [3.05, 3.63) is 34.9 Å². The van der Waals surface area contributed by atoms with Gasteiger partial charge in [-0.15, -0.1) is 0 Å². The maximum atomic E-state index is 12.3. The molecule has 0 saturated heterocycles. The van der Waals surface area contributed by atoms with Crippen molar-refractivity contribution in [1.29, 1.82) is 0 Å². The van der Waals surface area contributed by atoms with Crippen LogP contribution in [0, 0.1) is 13.8 Å². The van der Waals surface area contributed by atoms with Crippen molar-refractivity contribution in [2.75, 3.05) is 0 Å². The summed E-state index contributed by atoms with van der Waals surface area (Å²) in [4.78, 5) is 10.3. The first-order chi connectivity index (χ1) is 9.44. The van der Waals surface area contributed by atoms with Crippen LogP contribution >= 0.6 is 0 Å². The van der Waals surface area contributed by atoms with Gasteiger partial charge >= 0.3 is 15.6 Å². The van der Waals surface area contributed by atoms with E-state index in [1.165, 1.54) is 26.0 Å². The number of carboxylic acids is 1. The molecule has 0 amide bonds. The highest BCUT2D eigenvalue weighted by molar-refractivity contribution is 7.88. The fraction of sp³-hybridized carbons (Fsp3) is 0.250. The molecule has 5 nitrogen and oxygen atoms in total. The molecule has 0 bridgehead atoms. The van der Waals surface area contributed by atoms with Gasteiger partial charge in [0.1, 0.15) is 5.75 Å². The van der Waals surface area contributed by atoms with E-state index in [1.807, 2.05) is 0 Å². The second-order valence-electron chi connectivity index (χ2n) is 4.12. The maximum Gasteiger partial charge on any atom is 0.534 e. The van der Waals surface area contributed by atoms with Gasteiger partial charge in [-0.25, -0.2) is 0 Å². The van der Waals surface area contributed by atoms with Gasteiger partial charge in [-0.3, -0.25) is 0 Å². The van der Waals surface area contributed by atoms with Crippen LogP contribution in [0.3, 0.4) is 0 Å². The molecule has 0 radical (unpaired) electrons. The van der Waals surface area contributed by atoms with Crippen molar-refractivity contribution >= 4 is 22.2 Å². The van der Waals surface area contributed by atoms with E-state index in [0.717, 1.165) is 12.2 Å². The maximum absolute atomic E-state index is 12.3. The zero-order valence-corrected chi connectivity index (χ0v) is 11.7. The molecule has 0 aliphatic rings. The number of carbonyl (C=O) groups excluding carboxylic acids is 1. The lowest BCUT2D eigenvalue weighted by atomic mass is 10.1. The van der Waals surface area contributed by atoms with Gasteiger partial charge in [-0.1, -0.05) is 6.08 Å². The van der Waals surface area contributed by atoms with Crippen molar-refractivity contribution in [3.63, 3.8) is 0 Å². The van der Waals surface area contributed by atoms with Gasteiger partial charge < -0.3 is 14.1 Å². The van der Waals surface area contributed by atoms with Crippen LogP contribution in [-0.2, 0) is 14.9 Å². The van der Waals surface area contributed by atoms with Gasteiger partial charge in [-0.05, 0) is 48.7 Å². The van der Waals surface area contributed by atoms with Crippen LogP contribution in [0.15, 0.2) is 18.2 Å². The number of aryl methyl sites for hydroxylation is 2. The lowest BCUT2D eigenvalue weighted by Gasteiger charge is -2.14. The highest BCUT2D eigenvalue weighted by atomic mass is 32.2. The summed E-state index contributed by atoms with van der Waals surface area (Å²) in [6.45, 7) is 2.68. The van der Waals surface area contributed by atoms with Crippen molar-refractivity contribution in [3.8, 4) is 5.75 Å². The summed E-state index contributed by atoms with van der Waals surface area (Å²) < 4.78 is 62.9. The molecule has 0 aliphatic carbocycles. The van der Waals surface area contributed by atoms with Crippen molar-refractivity contribution in [2.45, 2.75) is 19.4 Å². The summed E-state index contributed by atoms with van der Waals surface area (Å²) in [6, 6.07) is 2.57. The first-order valence-corrected chi connectivity index (χ1v) is 6.86. The largest absolute Gasteiger partial charge is 0.545 e. The average Bonchev–Trinajstić information content (AvgIpc) is 2.29. The van der Waals surface area contributed by atoms with Gasteiger partial charge in [0.05, 0.1) is 5.97 Å². The van der Waals surface area contributed by atoms with Gasteiger partial charge in [0.25, 0.3) is 0 Å². The number of alkyl halides is 3. The molecule has 1 aromatic rings. The number of hydrogen-bond donors (Lipinski definition) is 0. The van der Waals surface area contributed by atoms with Gasteiger partial charge in [0.15, 0.2) is 0 Å². The second-order valence-corrected chi connectivity index (χ2v) is 5.66. The molecule has 116 valence electrons. The van der Waals surface area contributed by atoms with Crippen molar-refractivity contribution < 1.29 is 35.7 Å². The highest BCUT2D eigenvalue weighted by Gasteiger charge is 2.48. The number of carboxylic acid groups (broad SMARTS) is 1. The third kappa shape index (κ3) is 4.22. The molecule has 0 fully saturated rings. The number of carbonyl (C=O) groups is 1. The predicted octanol–water partition coefficient (Wildman–Crippen LogP) is 1.29. The zero-order chi connectivity index (χ0) is 16.4. The number of rotatable bonds is 4. The molecule has 0 unspecified atom stereocenters. The van der Waals surface area contributed by atoms with E-state index in [2.05, 4.69) is 4.18 Å². The van der Waals surface area contributed by atoms with E-state index >= 15 is 0 Å². The number of hydrogen-bond acceptors (Lipinski definition) is 5. The predicted molar refractivity (Wildman–Crippen MR) is 65.6 cm³/mol. The van der Waals surface area contributed by atoms with E-state index in [9.17, 15) is 31.5 Å². The van der Waals surface area contributed by atoms with Crippen LogP contribution in [0.25, 0.3) is 6.08 Å². The molecule has 0 spiro atoms. The first-order valence-electron chi connectivity index (χ1n) is 5.45. The molecule has 0 N–H and O–H groups in total. The summed E-state index contributed by atoms with van der Waals surface area (Å²) in [5.74, 6) is -1.89. The van der Waals surface area contributed by atoms with Crippen LogP contribution in [0.1, 0.15) is 16.7 Å². The first kappa shape index (κ1) is 17.0. The van der Waals surface area contributed by atoms with Gasteiger partial charge in [0, 0.05) is 0 Å². The third-order valence-electron chi connectivity index (χ3n) is 2.37. The molecule has 9 heteroatoms. The van der Waals surface area contributed by atoms with E-state index in [0.29, 0.717) is 5.56 Å². The van der Waals surface area contributed by atoms with Gasteiger partial charge in [0.2, 0.25) is 0 Å². The van der Waals surface area contributed by atoms with E-state index in [1.54, 1.807) is 0 Å². The van der Waals surface area contributed by atoms with E-state index < -0.39 is 27.3 Å². The molecule has 1 rings (SSSR count). The smallest absolute Gasteiger partial charge is 0.534 e. The SMILES string of the molecule is Cc1cc(/C=C/C(=O)[O-])cc(C)c1OS(=O)(=O)C(F)(F)F. The number of benzene rings is 1. The Bertz CT molecular complexity index is 666. The molecule has 0 atom stereocenters. The quantitative estimate of drug-likeness (QED) is 0.474. The minimum absolute atomic E-state index is 0.112. The van der Waals surface area contributed by atoms with Gasteiger partial charge in [-0.2, -0.15) is 21.6 Å². The van der Waals surface area contributed by atoms with Crippen molar-refractivity contribution in [1.82, 2.24) is 0 Å². The Morgan fingerprint density at radius 3 is 2.10 bits per heavy atom. The fourth-order valence-electron chi connectivity index (χ4n) is 1.53. The van der Waals surface area contributed by atoms with Crippen molar-refractivity contribution in [2.24, 2.45) is 0 Å². The Kier molecular flexibility index (Phi) is 4.67. The summed E-state index contributed by atoms with van der Waals surface area (Å²) in [6.07, 6.45) is 1.90.